The first kappa shape index (κ1) is 21.3. The number of amides is 1. The number of methoxy groups -OCH3 is 1. The molecule has 2 heterocycles. The number of fused-ring (bicyclic) bond motifs is 1. The maximum Gasteiger partial charge on any atom is 0.343 e. The van der Waals surface area contributed by atoms with Crippen LogP contribution in [0.4, 0.5) is 5.69 Å². The van der Waals surface area contributed by atoms with Gasteiger partial charge in [-0.05, 0) is 43.3 Å². The van der Waals surface area contributed by atoms with Crippen LogP contribution in [-0.4, -0.2) is 40.2 Å². The predicted molar refractivity (Wildman–Crippen MR) is 120 cm³/mol. The molecule has 0 aliphatic rings. The Labute approximate surface area is 188 Å². The predicted octanol–water partition coefficient (Wildman–Crippen LogP) is 4.49. The van der Waals surface area contributed by atoms with E-state index in [1.54, 1.807) is 54.0 Å². The van der Waals surface area contributed by atoms with Gasteiger partial charge in [-0.1, -0.05) is 23.7 Å². The fourth-order valence-electron chi connectivity index (χ4n) is 3.28. The van der Waals surface area contributed by atoms with Crippen LogP contribution in [0, 0.1) is 0 Å². The Balaban J connectivity index is 1.67. The third-order valence-electron chi connectivity index (χ3n) is 4.72. The van der Waals surface area contributed by atoms with Gasteiger partial charge in [-0.3, -0.25) is 4.79 Å². The van der Waals surface area contributed by atoms with Gasteiger partial charge in [0.25, 0.3) is 5.91 Å². The first-order valence-corrected chi connectivity index (χ1v) is 10.1. The Morgan fingerprint density at radius 2 is 1.97 bits per heavy atom. The van der Waals surface area contributed by atoms with E-state index in [1.165, 1.54) is 13.3 Å². The van der Waals surface area contributed by atoms with Crippen molar-refractivity contribution in [1.82, 2.24) is 14.6 Å². The van der Waals surface area contributed by atoms with Crippen molar-refractivity contribution >= 4 is 34.8 Å². The number of aromatic nitrogens is 3. The summed E-state index contributed by atoms with van der Waals surface area (Å²) < 4.78 is 11.9. The number of benzene rings is 2. The van der Waals surface area contributed by atoms with Gasteiger partial charge in [-0.2, -0.15) is 5.10 Å². The van der Waals surface area contributed by atoms with Crippen LogP contribution >= 0.6 is 11.6 Å². The van der Waals surface area contributed by atoms with Gasteiger partial charge in [0.05, 0.1) is 31.2 Å². The molecule has 0 saturated heterocycles. The monoisotopic (exact) mass is 450 g/mol. The number of carbonyl (C=O) groups excluding carboxylic acids is 2. The van der Waals surface area contributed by atoms with Gasteiger partial charge in [0.15, 0.2) is 5.65 Å². The normalized spacial score (nSPS) is 10.7. The summed E-state index contributed by atoms with van der Waals surface area (Å²) in [4.78, 5) is 29.3. The van der Waals surface area contributed by atoms with E-state index < -0.39 is 5.97 Å². The second kappa shape index (κ2) is 9.07. The first-order valence-electron chi connectivity index (χ1n) is 9.77. The molecule has 0 fully saturated rings. The summed E-state index contributed by atoms with van der Waals surface area (Å²) in [6.45, 7) is 2.00. The number of hydrogen-bond acceptors (Lipinski definition) is 6. The molecule has 0 saturated carbocycles. The van der Waals surface area contributed by atoms with Crippen molar-refractivity contribution in [2.75, 3.05) is 19.0 Å². The van der Waals surface area contributed by atoms with E-state index in [0.29, 0.717) is 33.4 Å². The number of halogens is 1. The molecule has 1 amide bonds. The standard InChI is InChI=1S/C23H19ClN4O4/c1-3-32-23(30)18-13-26-28-19(9-10-25-21(18)28)14-5-4-6-16(11-14)27-22(29)17-12-15(24)7-8-20(17)31-2/h4-13H,3H2,1-2H3,(H,27,29). The molecule has 8 nitrogen and oxygen atoms in total. The molecular weight excluding hydrogens is 432 g/mol. The maximum absolute atomic E-state index is 12.8. The molecule has 2 aromatic carbocycles. The lowest BCUT2D eigenvalue weighted by Gasteiger charge is -2.11. The van der Waals surface area contributed by atoms with Crippen LogP contribution in [-0.2, 0) is 4.74 Å². The molecule has 4 aromatic rings. The van der Waals surface area contributed by atoms with Gasteiger partial charge < -0.3 is 14.8 Å². The molecule has 1 N–H and O–H groups in total. The van der Waals surface area contributed by atoms with E-state index >= 15 is 0 Å². The molecule has 0 radical (unpaired) electrons. The largest absolute Gasteiger partial charge is 0.496 e. The molecule has 162 valence electrons. The van der Waals surface area contributed by atoms with Gasteiger partial charge in [-0.25, -0.2) is 14.3 Å². The van der Waals surface area contributed by atoms with Crippen LogP contribution in [0.25, 0.3) is 16.9 Å². The molecule has 32 heavy (non-hydrogen) atoms. The van der Waals surface area contributed by atoms with Gasteiger partial charge in [-0.15, -0.1) is 0 Å². The zero-order valence-corrected chi connectivity index (χ0v) is 18.1. The molecule has 0 unspecified atom stereocenters. The number of nitrogens with one attached hydrogen (secondary N) is 1. The number of hydrogen-bond donors (Lipinski definition) is 1. The van der Waals surface area contributed by atoms with Crippen LogP contribution in [0.5, 0.6) is 5.75 Å². The van der Waals surface area contributed by atoms with E-state index in [0.717, 1.165) is 5.56 Å². The molecule has 9 heteroatoms. The van der Waals surface area contributed by atoms with Gasteiger partial charge in [0.1, 0.15) is 11.3 Å². The zero-order valence-electron chi connectivity index (χ0n) is 17.3. The smallest absolute Gasteiger partial charge is 0.343 e. The first-order chi connectivity index (χ1) is 15.5. The fourth-order valence-corrected chi connectivity index (χ4v) is 3.45. The van der Waals surface area contributed by atoms with Crippen molar-refractivity contribution in [1.29, 1.82) is 0 Å². The van der Waals surface area contributed by atoms with Crippen LogP contribution in [0.3, 0.4) is 0 Å². The average Bonchev–Trinajstić information content (AvgIpc) is 3.24. The molecule has 0 atom stereocenters. The Hall–Kier alpha value is -3.91. The molecule has 0 aliphatic heterocycles. The minimum absolute atomic E-state index is 0.259. The van der Waals surface area contributed by atoms with E-state index in [2.05, 4.69) is 15.4 Å². The highest BCUT2D eigenvalue weighted by atomic mass is 35.5. The summed E-state index contributed by atoms with van der Waals surface area (Å²) in [5.74, 6) is -0.421. The van der Waals surface area contributed by atoms with Gasteiger partial charge >= 0.3 is 5.97 Å². The quantitative estimate of drug-likeness (QED) is 0.435. The summed E-state index contributed by atoms with van der Waals surface area (Å²) in [6, 6.07) is 13.9. The SMILES string of the molecule is CCOC(=O)c1cnn2c(-c3cccc(NC(=O)c4cc(Cl)ccc4OC)c3)ccnc12. The van der Waals surface area contributed by atoms with E-state index in [4.69, 9.17) is 21.1 Å². The molecular formula is C23H19ClN4O4. The van der Waals surface area contributed by atoms with Gasteiger partial charge in [0.2, 0.25) is 0 Å². The summed E-state index contributed by atoms with van der Waals surface area (Å²) in [5, 5.41) is 7.60. The lowest BCUT2D eigenvalue weighted by molar-refractivity contribution is 0.0528. The maximum atomic E-state index is 12.8. The van der Waals surface area contributed by atoms with E-state index in [1.807, 2.05) is 12.1 Å². The highest BCUT2D eigenvalue weighted by molar-refractivity contribution is 6.31. The summed E-state index contributed by atoms with van der Waals surface area (Å²) in [6.07, 6.45) is 3.03. The van der Waals surface area contributed by atoms with Crippen molar-refractivity contribution in [3.8, 4) is 17.0 Å². The van der Waals surface area contributed by atoms with Crippen LogP contribution < -0.4 is 10.1 Å². The molecule has 0 bridgehead atoms. The fraction of sp³-hybridized carbons (Fsp3) is 0.130. The highest BCUT2D eigenvalue weighted by Crippen LogP contribution is 2.26. The highest BCUT2D eigenvalue weighted by Gasteiger charge is 2.18. The van der Waals surface area contributed by atoms with Crippen LogP contribution in [0.15, 0.2) is 60.9 Å². The van der Waals surface area contributed by atoms with Crippen molar-refractivity contribution in [3.05, 3.63) is 77.1 Å². The minimum atomic E-state index is -0.483. The third-order valence-corrected chi connectivity index (χ3v) is 4.95. The number of anilines is 1. The van der Waals surface area contributed by atoms with Crippen LogP contribution in [0.2, 0.25) is 5.02 Å². The Morgan fingerprint density at radius 1 is 1.12 bits per heavy atom. The number of nitrogens with zero attached hydrogens (tertiary/aromatic N) is 3. The second-order valence-electron chi connectivity index (χ2n) is 6.72. The molecule has 2 aromatic heterocycles. The number of carbonyl (C=O) groups is 2. The van der Waals surface area contributed by atoms with Gasteiger partial charge in [0, 0.05) is 22.5 Å². The Bertz CT molecular complexity index is 1320. The second-order valence-corrected chi connectivity index (χ2v) is 7.16. The minimum Gasteiger partial charge on any atom is -0.496 e. The number of ether oxygens (including phenoxy) is 2. The van der Waals surface area contributed by atoms with Crippen molar-refractivity contribution < 1.29 is 19.1 Å². The lowest BCUT2D eigenvalue weighted by atomic mass is 10.1. The topological polar surface area (TPSA) is 94.8 Å². The average molecular weight is 451 g/mol. The van der Waals surface area contributed by atoms with Crippen molar-refractivity contribution in [2.45, 2.75) is 6.92 Å². The summed E-state index contributed by atoms with van der Waals surface area (Å²) in [7, 11) is 1.49. The Morgan fingerprint density at radius 3 is 2.75 bits per heavy atom. The zero-order chi connectivity index (χ0) is 22.7. The molecule has 0 spiro atoms. The third kappa shape index (κ3) is 4.13. The number of esters is 1. The molecule has 0 aliphatic carbocycles. The van der Waals surface area contributed by atoms with Crippen molar-refractivity contribution in [2.24, 2.45) is 0 Å². The van der Waals surface area contributed by atoms with Crippen LogP contribution in [0.1, 0.15) is 27.6 Å². The van der Waals surface area contributed by atoms with Crippen molar-refractivity contribution in [3.63, 3.8) is 0 Å². The van der Waals surface area contributed by atoms with E-state index in [-0.39, 0.29) is 18.1 Å². The molecule has 4 rings (SSSR count). The number of rotatable bonds is 6. The lowest BCUT2D eigenvalue weighted by Crippen LogP contribution is -2.13. The van der Waals surface area contributed by atoms with E-state index in [9.17, 15) is 9.59 Å². The summed E-state index contributed by atoms with van der Waals surface area (Å²) in [5.41, 5.74) is 3.03. The Kier molecular flexibility index (Phi) is 6.04. The summed E-state index contributed by atoms with van der Waals surface area (Å²) >= 11 is 6.04.